The Hall–Kier alpha value is -2.17. The number of hydrogen-bond acceptors (Lipinski definition) is 7. The average molecular weight is 363 g/mol. The van der Waals surface area contributed by atoms with Crippen LogP contribution in [0.25, 0.3) is 0 Å². The summed E-state index contributed by atoms with van der Waals surface area (Å²) in [5.74, 6) is 0.694. The summed E-state index contributed by atoms with van der Waals surface area (Å²) in [5.41, 5.74) is 1.63. The van der Waals surface area contributed by atoms with Crippen molar-refractivity contribution in [2.24, 2.45) is 0 Å². The highest BCUT2D eigenvalue weighted by Gasteiger charge is 2.30. The van der Waals surface area contributed by atoms with Crippen molar-refractivity contribution in [2.45, 2.75) is 18.8 Å². The van der Waals surface area contributed by atoms with Crippen molar-refractivity contribution in [3.8, 4) is 0 Å². The Labute approximate surface area is 147 Å². The van der Waals surface area contributed by atoms with Gasteiger partial charge in [-0.05, 0) is 18.9 Å². The monoisotopic (exact) mass is 363 g/mol. The summed E-state index contributed by atoms with van der Waals surface area (Å²) in [4.78, 5) is 16.7. The molecule has 0 radical (unpaired) electrons. The Morgan fingerprint density at radius 2 is 1.88 bits per heavy atom. The van der Waals surface area contributed by atoms with Crippen molar-refractivity contribution in [1.82, 2.24) is 28.5 Å². The molecule has 25 heavy (non-hydrogen) atoms. The first kappa shape index (κ1) is 17.6. The Morgan fingerprint density at radius 3 is 2.52 bits per heavy atom. The van der Waals surface area contributed by atoms with Crippen LogP contribution in [0.2, 0.25) is 0 Å². The zero-order valence-electron chi connectivity index (χ0n) is 14.2. The predicted octanol–water partition coefficient (Wildman–Crippen LogP) is 0.996. The SMILES string of the molecule is CN(C)S(=O)(=O)N1CCC(c2ccnc(Nc3cncnc3)n2)CC1. The number of nitrogens with one attached hydrogen (secondary N) is 1. The lowest BCUT2D eigenvalue weighted by atomic mass is 9.94. The van der Waals surface area contributed by atoms with E-state index in [1.807, 2.05) is 6.07 Å². The van der Waals surface area contributed by atoms with E-state index in [0.717, 1.165) is 18.5 Å². The van der Waals surface area contributed by atoms with E-state index in [9.17, 15) is 8.42 Å². The second-order valence-electron chi connectivity index (χ2n) is 6.02. The topological polar surface area (TPSA) is 104 Å². The van der Waals surface area contributed by atoms with E-state index in [2.05, 4.69) is 25.3 Å². The summed E-state index contributed by atoms with van der Waals surface area (Å²) in [7, 11) is -0.241. The molecule has 1 saturated heterocycles. The van der Waals surface area contributed by atoms with E-state index in [1.165, 1.54) is 14.9 Å². The third-order valence-corrected chi connectivity index (χ3v) is 6.09. The fourth-order valence-electron chi connectivity index (χ4n) is 2.77. The molecule has 0 atom stereocenters. The van der Waals surface area contributed by atoms with E-state index in [0.29, 0.717) is 24.7 Å². The second kappa shape index (κ2) is 7.38. The molecule has 0 bridgehead atoms. The molecule has 9 nitrogen and oxygen atoms in total. The molecule has 0 amide bonds. The standard InChI is InChI=1S/C15H21N7O2S/c1-21(2)25(23,24)22-7-4-12(5-8-22)14-3-6-18-15(20-14)19-13-9-16-11-17-10-13/h3,6,9-12H,4-5,7-8H2,1-2H3,(H,18,19,20). The Balaban J connectivity index is 1.67. The van der Waals surface area contributed by atoms with Gasteiger partial charge in [0.15, 0.2) is 0 Å². The van der Waals surface area contributed by atoms with Crippen LogP contribution in [0, 0.1) is 0 Å². The molecule has 0 aliphatic carbocycles. The van der Waals surface area contributed by atoms with Crippen LogP contribution in [0.5, 0.6) is 0 Å². The quantitative estimate of drug-likeness (QED) is 0.845. The summed E-state index contributed by atoms with van der Waals surface area (Å²) in [5, 5.41) is 3.07. The van der Waals surface area contributed by atoms with Gasteiger partial charge in [0.1, 0.15) is 6.33 Å². The molecule has 2 aromatic heterocycles. The number of piperidine rings is 1. The highest BCUT2D eigenvalue weighted by Crippen LogP contribution is 2.28. The van der Waals surface area contributed by atoms with Crippen LogP contribution in [0.3, 0.4) is 0 Å². The van der Waals surface area contributed by atoms with Crippen LogP contribution < -0.4 is 5.32 Å². The molecule has 1 aliphatic heterocycles. The largest absolute Gasteiger partial charge is 0.322 e. The van der Waals surface area contributed by atoms with Gasteiger partial charge in [-0.3, -0.25) is 0 Å². The first-order valence-electron chi connectivity index (χ1n) is 7.99. The molecule has 134 valence electrons. The smallest absolute Gasteiger partial charge is 0.281 e. The van der Waals surface area contributed by atoms with E-state index < -0.39 is 10.2 Å². The van der Waals surface area contributed by atoms with Crippen LogP contribution in [0.15, 0.2) is 31.0 Å². The summed E-state index contributed by atoms with van der Waals surface area (Å²) in [6.45, 7) is 0.981. The van der Waals surface area contributed by atoms with Gasteiger partial charge < -0.3 is 5.32 Å². The molecule has 1 N–H and O–H groups in total. The lowest BCUT2D eigenvalue weighted by Crippen LogP contribution is -2.44. The van der Waals surface area contributed by atoms with E-state index in [1.54, 1.807) is 32.7 Å². The number of rotatable bonds is 5. The van der Waals surface area contributed by atoms with Crippen molar-refractivity contribution in [1.29, 1.82) is 0 Å². The van der Waals surface area contributed by atoms with Crippen molar-refractivity contribution in [3.05, 3.63) is 36.7 Å². The molecule has 0 unspecified atom stereocenters. The molecule has 1 aliphatic rings. The maximum atomic E-state index is 12.2. The van der Waals surface area contributed by atoms with Gasteiger partial charge in [-0.1, -0.05) is 0 Å². The van der Waals surface area contributed by atoms with Gasteiger partial charge in [-0.25, -0.2) is 19.9 Å². The molecule has 3 rings (SSSR count). The first-order chi connectivity index (χ1) is 12.0. The van der Waals surface area contributed by atoms with Crippen molar-refractivity contribution >= 4 is 21.8 Å². The minimum atomic E-state index is -3.35. The summed E-state index contributed by atoms with van der Waals surface area (Å²) in [6.07, 6.45) is 7.92. The van der Waals surface area contributed by atoms with Crippen LogP contribution in [0.4, 0.5) is 11.6 Å². The van der Waals surface area contributed by atoms with Crippen molar-refractivity contribution in [2.75, 3.05) is 32.5 Å². The van der Waals surface area contributed by atoms with Gasteiger partial charge in [-0.2, -0.15) is 17.0 Å². The number of aromatic nitrogens is 4. The maximum Gasteiger partial charge on any atom is 0.281 e. The Morgan fingerprint density at radius 1 is 1.20 bits per heavy atom. The molecule has 3 heterocycles. The van der Waals surface area contributed by atoms with Gasteiger partial charge in [0.05, 0.1) is 18.1 Å². The van der Waals surface area contributed by atoms with E-state index in [4.69, 9.17) is 0 Å². The minimum Gasteiger partial charge on any atom is -0.322 e. The fraction of sp³-hybridized carbons (Fsp3) is 0.467. The first-order valence-corrected chi connectivity index (χ1v) is 9.39. The van der Waals surface area contributed by atoms with E-state index in [-0.39, 0.29) is 5.92 Å². The minimum absolute atomic E-state index is 0.212. The van der Waals surface area contributed by atoms with Crippen molar-refractivity contribution < 1.29 is 8.42 Å². The Bertz CT molecular complexity index is 806. The summed E-state index contributed by atoms with van der Waals surface area (Å²) >= 11 is 0. The third-order valence-electron chi connectivity index (χ3n) is 4.15. The highest BCUT2D eigenvalue weighted by molar-refractivity contribution is 7.86. The van der Waals surface area contributed by atoms with Gasteiger partial charge in [0, 0.05) is 45.0 Å². The number of nitrogens with zero attached hydrogens (tertiary/aromatic N) is 6. The van der Waals surface area contributed by atoms with Crippen LogP contribution >= 0.6 is 0 Å². The highest BCUT2D eigenvalue weighted by atomic mass is 32.2. The molecule has 10 heteroatoms. The predicted molar refractivity (Wildman–Crippen MR) is 93.5 cm³/mol. The molecular weight excluding hydrogens is 342 g/mol. The van der Waals surface area contributed by atoms with Gasteiger partial charge in [0.2, 0.25) is 5.95 Å². The lowest BCUT2D eigenvalue weighted by molar-refractivity contribution is 0.300. The van der Waals surface area contributed by atoms with Gasteiger partial charge in [0.25, 0.3) is 10.2 Å². The van der Waals surface area contributed by atoms with Gasteiger partial charge >= 0.3 is 0 Å². The summed E-state index contributed by atoms with van der Waals surface area (Å²) in [6, 6.07) is 1.88. The van der Waals surface area contributed by atoms with Crippen LogP contribution in [-0.2, 0) is 10.2 Å². The van der Waals surface area contributed by atoms with Crippen molar-refractivity contribution in [3.63, 3.8) is 0 Å². The zero-order chi connectivity index (χ0) is 17.9. The molecular formula is C15H21N7O2S. The molecule has 1 fully saturated rings. The fourth-order valence-corrected chi connectivity index (χ4v) is 3.90. The molecule has 0 spiro atoms. The van der Waals surface area contributed by atoms with Gasteiger partial charge in [-0.15, -0.1) is 0 Å². The molecule has 0 aromatic carbocycles. The molecule has 0 saturated carbocycles. The van der Waals surface area contributed by atoms with E-state index >= 15 is 0 Å². The Kier molecular flexibility index (Phi) is 5.21. The molecule has 2 aromatic rings. The zero-order valence-corrected chi connectivity index (χ0v) is 15.0. The maximum absolute atomic E-state index is 12.2. The second-order valence-corrected chi connectivity index (χ2v) is 8.16. The lowest BCUT2D eigenvalue weighted by Gasteiger charge is -2.32. The van der Waals surface area contributed by atoms with Crippen LogP contribution in [0.1, 0.15) is 24.5 Å². The number of hydrogen-bond donors (Lipinski definition) is 1. The van der Waals surface area contributed by atoms with Crippen LogP contribution in [-0.4, -0.2) is 64.1 Å². The number of anilines is 2. The third kappa shape index (κ3) is 4.09. The normalized spacial score (nSPS) is 16.9. The average Bonchev–Trinajstić information content (AvgIpc) is 2.63. The summed E-state index contributed by atoms with van der Waals surface area (Å²) < 4.78 is 27.2.